The number of hydrogen-bond donors (Lipinski definition) is 0. The average molecular weight is 1210 g/mol. The predicted octanol–water partition coefficient (Wildman–Crippen LogP) is 24.9. The van der Waals surface area contributed by atoms with Gasteiger partial charge in [0.25, 0.3) is 0 Å². The van der Waals surface area contributed by atoms with E-state index in [-0.39, 0.29) is 5.41 Å². The molecule has 0 heterocycles. The van der Waals surface area contributed by atoms with Crippen molar-refractivity contribution in [2.75, 3.05) is 0 Å². The van der Waals surface area contributed by atoms with Gasteiger partial charge in [-0.2, -0.15) is 0 Å². The van der Waals surface area contributed by atoms with E-state index < -0.39 is 0 Å². The second kappa shape index (κ2) is 34.7. The zero-order valence-corrected chi connectivity index (χ0v) is 58.2. The molecule has 12 rings (SSSR count). The first-order valence-corrected chi connectivity index (χ1v) is 32.8. The highest BCUT2D eigenvalue weighted by Gasteiger charge is 2.22. The average Bonchev–Trinajstić information content (AvgIpc) is 0.866. The van der Waals surface area contributed by atoms with Crippen LogP contribution in [-0.2, 0) is 24.7 Å². The smallest absolute Gasteiger partial charge is 0.0146 e. The van der Waals surface area contributed by atoms with E-state index in [1.807, 2.05) is 0 Å². The molecule has 0 unspecified atom stereocenters. The van der Waals surface area contributed by atoms with E-state index >= 15 is 0 Å². The molecule has 12 aromatic rings. The third-order valence-corrected chi connectivity index (χ3v) is 16.8. The minimum atomic E-state index is 0.0708. The van der Waals surface area contributed by atoms with Crippen molar-refractivity contribution < 1.29 is 0 Å². The minimum absolute atomic E-state index is 0.0708. The minimum Gasteiger partial charge on any atom is -0.0617 e. The molecular formula is C92H100. The third kappa shape index (κ3) is 23.1. The molecule has 0 fully saturated rings. The summed E-state index contributed by atoms with van der Waals surface area (Å²) < 4.78 is 0. The molecule has 0 saturated heterocycles. The molecule has 0 aromatic heterocycles. The Morgan fingerprint density at radius 3 is 0.663 bits per heavy atom. The van der Waals surface area contributed by atoms with E-state index in [2.05, 4.69) is 390 Å². The fourth-order valence-corrected chi connectivity index (χ4v) is 11.4. The molecule has 0 amide bonds. The van der Waals surface area contributed by atoms with E-state index in [9.17, 15) is 0 Å². The van der Waals surface area contributed by atoms with Crippen molar-refractivity contribution >= 4 is 0 Å². The summed E-state index contributed by atoms with van der Waals surface area (Å²) in [6.45, 7) is 34.5. The fraction of sp³-hybridized carbons (Fsp3) is 0.217. The Kier molecular flexibility index (Phi) is 26.5. The number of rotatable bonds is 10. The van der Waals surface area contributed by atoms with E-state index in [4.69, 9.17) is 0 Å². The summed E-state index contributed by atoms with van der Waals surface area (Å²) in [6.07, 6.45) is 3.09. The lowest BCUT2D eigenvalue weighted by Gasteiger charge is -2.26. The zero-order valence-electron chi connectivity index (χ0n) is 58.2. The van der Waals surface area contributed by atoms with Crippen molar-refractivity contribution in [1.82, 2.24) is 0 Å². The molecule has 0 N–H and O–H groups in total. The van der Waals surface area contributed by atoms with Gasteiger partial charge in [-0.05, 0) is 194 Å². The van der Waals surface area contributed by atoms with Crippen LogP contribution < -0.4 is 0 Å². The summed E-state index contributed by atoms with van der Waals surface area (Å²) in [4.78, 5) is 0. The van der Waals surface area contributed by atoms with Gasteiger partial charge in [0.1, 0.15) is 0 Å². The second-order valence-corrected chi connectivity index (χ2v) is 26.2. The molecule has 92 heavy (non-hydrogen) atoms. The summed E-state index contributed by atoms with van der Waals surface area (Å²) in [7, 11) is 0. The maximum atomic E-state index is 2.28. The summed E-state index contributed by atoms with van der Waals surface area (Å²) in [5.41, 5.74) is 35.0. The first-order valence-electron chi connectivity index (χ1n) is 32.8. The monoisotopic (exact) mass is 1200 g/mol. The van der Waals surface area contributed by atoms with Crippen LogP contribution in [0.25, 0.3) is 22.3 Å². The van der Waals surface area contributed by atoms with Crippen LogP contribution in [0, 0.1) is 96.9 Å². The topological polar surface area (TPSA) is 0 Å². The van der Waals surface area contributed by atoms with Gasteiger partial charge >= 0.3 is 0 Å². The highest BCUT2D eigenvalue weighted by Crippen LogP contribution is 2.32. The predicted molar refractivity (Wildman–Crippen MR) is 402 cm³/mol. The fourth-order valence-electron chi connectivity index (χ4n) is 11.4. The first kappa shape index (κ1) is 70.1. The maximum absolute atomic E-state index is 2.28. The zero-order chi connectivity index (χ0) is 66.2. The van der Waals surface area contributed by atoms with Gasteiger partial charge in [-0.25, -0.2) is 0 Å². The molecular weight excluding hydrogens is 1110 g/mol. The molecule has 0 bridgehead atoms. The Morgan fingerprint density at radius 2 is 0.413 bits per heavy atom. The van der Waals surface area contributed by atoms with Gasteiger partial charge in [0.05, 0.1) is 0 Å². The summed E-state index contributed by atoms with van der Waals surface area (Å²) >= 11 is 0. The first-order chi connectivity index (χ1) is 44.0. The lowest BCUT2D eigenvalue weighted by Crippen LogP contribution is -2.18. The van der Waals surface area contributed by atoms with Crippen molar-refractivity contribution in [1.29, 1.82) is 0 Å². The van der Waals surface area contributed by atoms with Crippen molar-refractivity contribution in [2.24, 2.45) is 0 Å². The molecule has 0 atom stereocenters. The van der Waals surface area contributed by atoms with Crippen LogP contribution in [0.4, 0.5) is 0 Å². The molecule has 0 aliphatic carbocycles. The molecule has 12 aromatic carbocycles. The quantitative estimate of drug-likeness (QED) is 0.128. The Balaban J connectivity index is 0.000000157. The third-order valence-electron chi connectivity index (χ3n) is 16.8. The molecule has 0 radical (unpaired) electrons. The largest absolute Gasteiger partial charge is 0.0617 e. The van der Waals surface area contributed by atoms with E-state index in [0.29, 0.717) is 0 Å². The van der Waals surface area contributed by atoms with E-state index in [1.54, 1.807) is 0 Å². The van der Waals surface area contributed by atoms with Crippen LogP contribution in [0.2, 0.25) is 0 Å². The summed E-state index contributed by atoms with van der Waals surface area (Å²) in [5.74, 6) is 0. The number of aryl methyl sites for hydroxylation is 14. The van der Waals surface area contributed by atoms with Crippen LogP contribution in [-0.4, -0.2) is 0 Å². The van der Waals surface area contributed by atoms with E-state index in [1.165, 1.54) is 145 Å². The van der Waals surface area contributed by atoms with Gasteiger partial charge in [-0.1, -0.05) is 360 Å². The van der Waals surface area contributed by atoms with Crippen LogP contribution in [0.3, 0.4) is 0 Å². The normalized spacial score (nSPS) is 10.5. The van der Waals surface area contributed by atoms with Gasteiger partial charge in [0, 0.05) is 5.41 Å². The van der Waals surface area contributed by atoms with E-state index in [0.717, 1.165) is 19.3 Å². The van der Waals surface area contributed by atoms with Gasteiger partial charge < -0.3 is 0 Å². The summed E-state index contributed by atoms with van der Waals surface area (Å²) in [5, 5.41) is 0. The molecule has 0 spiro atoms. The van der Waals surface area contributed by atoms with Crippen molar-refractivity contribution in [3.63, 3.8) is 0 Å². The lowest BCUT2D eigenvalue weighted by molar-refractivity contribution is 0.640. The molecule has 0 saturated carbocycles. The van der Waals surface area contributed by atoms with Crippen molar-refractivity contribution in [3.05, 3.63) is 401 Å². The summed E-state index contributed by atoms with van der Waals surface area (Å²) in [6, 6.07) is 101. The molecule has 468 valence electrons. The molecule has 0 heteroatoms. The Bertz CT molecular complexity index is 3870. The highest BCUT2D eigenvalue weighted by molar-refractivity contribution is 5.71. The SMILES string of the molecule is Cc1ccc(-c2ccc(C)cc2)cc1.Cc1ccc(-c2ccc(C)cc2C)c(C)c1.Cc1ccc(C(C)(C)c2ccc(C)cc2)cc1.Cc1ccc(Cc2cccc(C)c2)cc1.Cc1cccc(Cc2cccc(C)c2)c1.Cc1cccc(Cc2cccc(C)c2)c1. The van der Waals surface area contributed by atoms with Gasteiger partial charge in [0.2, 0.25) is 0 Å². The Morgan fingerprint density at radius 1 is 0.196 bits per heavy atom. The molecule has 0 aliphatic rings. The Hall–Kier alpha value is -9.36. The van der Waals surface area contributed by atoms with Gasteiger partial charge in [-0.3, -0.25) is 0 Å². The molecule has 0 nitrogen and oxygen atoms in total. The standard InChI is InChI=1S/C17H20.C16H18.3C15H16.C14H14/c1-13-5-9-15(10-6-13)17(3,4)16-11-7-14(2)8-12-16;1-11-5-7-15(13(3)9-11)16-8-6-12(2)10-14(16)4;2*1-12-5-3-7-14(9-12)11-15-8-4-6-13(2)10-15;1-12-6-8-14(9-7-12)11-15-5-3-4-13(2)10-15;1-11-3-7-13(8-4-11)14-9-5-12(2)6-10-14/h5-12H,1-4H3;5-10H,1-4H3;3*3-10H,11H2,1-2H3;3-10H,1-2H3. The molecule has 0 aliphatic heterocycles. The number of benzene rings is 12. The Labute approximate surface area is 555 Å². The maximum Gasteiger partial charge on any atom is 0.0146 e. The highest BCUT2D eigenvalue weighted by atomic mass is 14.3. The van der Waals surface area contributed by atoms with Crippen LogP contribution in [0.5, 0.6) is 0 Å². The van der Waals surface area contributed by atoms with Gasteiger partial charge in [0.15, 0.2) is 0 Å². The van der Waals surface area contributed by atoms with Crippen molar-refractivity contribution in [3.8, 4) is 22.3 Å². The van der Waals surface area contributed by atoms with Crippen LogP contribution in [0.1, 0.15) is 136 Å². The van der Waals surface area contributed by atoms with Gasteiger partial charge in [-0.15, -0.1) is 0 Å². The second-order valence-electron chi connectivity index (χ2n) is 26.2. The lowest BCUT2D eigenvalue weighted by atomic mass is 9.78. The van der Waals surface area contributed by atoms with Crippen molar-refractivity contribution in [2.45, 2.75) is 135 Å². The van der Waals surface area contributed by atoms with Crippen LogP contribution in [0.15, 0.2) is 279 Å². The number of hydrogen-bond acceptors (Lipinski definition) is 0. The van der Waals surface area contributed by atoms with Crippen LogP contribution >= 0.6 is 0 Å².